The number of benzene rings is 1. The monoisotopic (exact) mass is 362 g/mol. The van der Waals surface area contributed by atoms with E-state index < -0.39 is 0 Å². The van der Waals surface area contributed by atoms with Gasteiger partial charge in [-0.2, -0.15) is 0 Å². The number of rotatable bonds is 6. The van der Waals surface area contributed by atoms with E-state index in [0.29, 0.717) is 5.75 Å². The SMILES string of the molecule is CNc1nnc(SCC(=O)N[C@H](C)c2ccc3c(c2)CCCC3)s1. The maximum atomic E-state index is 12.2. The third-order valence-corrected chi connectivity index (χ3v) is 6.27. The summed E-state index contributed by atoms with van der Waals surface area (Å²) in [5, 5.41) is 14.8. The molecule has 3 rings (SSSR count). The summed E-state index contributed by atoms with van der Waals surface area (Å²) in [5.74, 6) is 0.375. The largest absolute Gasteiger partial charge is 0.363 e. The van der Waals surface area contributed by atoms with Crippen LogP contribution in [0.15, 0.2) is 22.5 Å². The number of carbonyl (C=O) groups excluding carboxylic acids is 1. The van der Waals surface area contributed by atoms with Gasteiger partial charge in [-0.15, -0.1) is 10.2 Å². The molecule has 0 aliphatic heterocycles. The Bertz CT molecular complexity index is 716. The number of nitrogens with one attached hydrogen (secondary N) is 2. The first kappa shape index (κ1) is 17.2. The predicted octanol–water partition coefficient (Wildman–Crippen LogP) is 3.43. The fourth-order valence-corrected chi connectivity index (χ4v) is 4.40. The summed E-state index contributed by atoms with van der Waals surface area (Å²) in [6, 6.07) is 6.65. The van der Waals surface area contributed by atoms with E-state index in [4.69, 9.17) is 0 Å². The molecule has 1 atom stereocenters. The lowest BCUT2D eigenvalue weighted by Crippen LogP contribution is -2.28. The zero-order valence-electron chi connectivity index (χ0n) is 14.0. The van der Waals surface area contributed by atoms with E-state index in [1.165, 1.54) is 59.1 Å². The molecule has 1 aromatic carbocycles. The van der Waals surface area contributed by atoms with Crippen LogP contribution in [0.4, 0.5) is 5.13 Å². The van der Waals surface area contributed by atoms with E-state index in [2.05, 4.69) is 39.0 Å². The Kier molecular flexibility index (Phi) is 5.73. The minimum absolute atomic E-state index is 0.0198. The van der Waals surface area contributed by atoms with Crippen molar-refractivity contribution < 1.29 is 4.79 Å². The van der Waals surface area contributed by atoms with Gasteiger partial charge in [0, 0.05) is 7.05 Å². The van der Waals surface area contributed by atoms with Crippen LogP contribution in [0.5, 0.6) is 0 Å². The summed E-state index contributed by atoms with van der Waals surface area (Å²) in [6.45, 7) is 2.04. The quantitative estimate of drug-likeness (QED) is 0.771. The van der Waals surface area contributed by atoms with Gasteiger partial charge < -0.3 is 10.6 Å². The minimum Gasteiger partial charge on any atom is -0.363 e. The second-order valence-electron chi connectivity index (χ2n) is 5.94. The van der Waals surface area contributed by atoms with Gasteiger partial charge in [0.15, 0.2) is 4.34 Å². The van der Waals surface area contributed by atoms with Crippen molar-refractivity contribution in [2.24, 2.45) is 0 Å². The smallest absolute Gasteiger partial charge is 0.230 e. The normalized spacial score (nSPS) is 14.8. The number of aromatic nitrogens is 2. The highest BCUT2D eigenvalue weighted by atomic mass is 32.2. The first-order chi connectivity index (χ1) is 11.7. The summed E-state index contributed by atoms with van der Waals surface area (Å²) < 4.78 is 0.802. The summed E-state index contributed by atoms with van der Waals surface area (Å²) in [5.41, 5.74) is 4.10. The Morgan fingerprint density at radius 3 is 2.83 bits per heavy atom. The van der Waals surface area contributed by atoms with Gasteiger partial charge in [0.2, 0.25) is 11.0 Å². The van der Waals surface area contributed by atoms with Gasteiger partial charge in [0.25, 0.3) is 0 Å². The van der Waals surface area contributed by atoms with Crippen molar-refractivity contribution in [2.45, 2.75) is 43.0 Å². The summed E-state index contributed by atoms with van der Waals surface area (Å²) >= 11 is 2.87. The Morgan fingerprint density at radius 2 is 2.08 bits per heavy atom. The van der Waals surface area contributed by atoms with Gasteiger partial charge in [-0.3, -0.25) is 4.79 Å². The third-order valence-electron chi connectivity index (χ3n) is 4.20. The van der Waals surface area contributed by atoms with Crippen molar-refractivity contribution in [3.05, 3.63) is 34.9 Å². The number of anilines is 1. The maximum absolute atomic E-state index is 12.2. The van der Waals surface area contributed by atoms with Crippen LogP contribution in [-0.2, 0) is 17.6 Å². The van der Waals surface area contributed by atoms with Crippen LogP contribution < -0.4 is 10.6 Å². The summed E-state index contributed by atoms with van der Waals surface area (Å²) in [6.07, 6.45) is 4.90. The van der Waals surface area contributed by atoms with Crippen molar-refractivity contribution in [3.8, 4) is 0 Å². The molecule has 2 aromatic rings. The number of hydrogen-bond acceptors (Lipinski definition) is 6. The number of aryl methyl sites for hydroxylation is 2. The minimum atomic E-state index is 0.0198. The first-order valence-electron chi connectivity index (χ1n) is 8.21. The molecule has 0 spiro atoms. The Labute approximate surface area is 150 Å². The lowest BCUT2D eigenvalue weighted by molar-refractivity contribution is -0.119. The van der Waals surface area contributed by atoms with Gasteiger partial charge in [-0.1, -0.05) is 41.3 Å². The van der Waals surface area contributed by atoms with E-state index in [1.54, 1.807) is 0 Å². The molecule has 0 saturated carbocycles. The lowest BCUT2D eigenvalue weighted by atomic mass is 9.89. The van der Waals surface area contributed by atoms with Crippen molar-refractivity contribution >= 4 is 34.1 Å². The highest BCUT2D eigenvalue weighted by Crippen LogP contribution is 2.26. The molecule has 0 radical (unpaired) electrons. The lowest BCUT2D eigenvalue weighted by Gasteiger charge is -2.20. The average molecular weight is 363 g/mol. The van der Waals surface area contributed by atoms with Crippen molar-refractivity contribution in [2.75, 3.05) is 18.1 Å². The van der Waals surface area contributed by atoms with E-state index in [-0.39, 0.29) is 11.9 Å². The van der Waals surface area contributed by atoms with Crippen LogP contribution in [0.3, 0.4) is 0 Å². The van der Waals surface area contributed by atoms with Crippen LogP contribution >= 0.6 is 23.1 Å². The molecule has 1 aromatic heterocycles. The molecule has 7 heteroatoms. The molecular formula is C17H22N4OS2. The molecule has 0 bridgehead atoms. The highest BCUT2D eigenvalue weighted by Gasteiger charge is 2.15. The Hall–Kier alpha value is -1.60. The molecule has 1 amide bonds. The standard InChI is InChI=1S/C17H22N4OS2/c1-11(13-8-7-12-5-3-4-6-14(12)9-13)19-15(22)10-23-17-21-20-16(18-2)24-17/h7-9,11H,3-6,10H2,1-2H3,(H,18,20)(H,19,22)/t11-/m1/s1. The number of thioether (sulfide) groups is 1. The van der Waals surface area contributed by atoms with Crippen LogP contribution in [0.2, 0.25) is 0 Å². The molecule has 1 aliphatic rings. The Balaban J connectivity index is 1.53. The van der Waals surface area contributed by atoms with Crippen LogP contribution in [-0.4, -0.2) is 28.9 Å². The van der Waals surface area contributed by atoms with Crippen LogP contribution in [0, 0.1) is 0 Å². The summed E-state index contributed by atoms with van der Waals surface area (Å²) in [7, 11) is 1.81. The number of hydrogen-bond donors (Lipinski definition) is 2. The fourth-order valence-electron chi connectivity index (χ4n) is 2.89. The number of fused-ring (bicyclic) bond motifs is 1. The second kappa shape index (κ2) is 7.98. The van der Waals surface area contributed by atoms with E-state index >= 15 is 0 Å². The zero-order valence-corrected chi connectivity index (χ0v) is 15.6. The molecular weight excluding hydrogens is 340 g/mol. The predicted molar refractivity (Wildman–Crippen MR) is 99.8 cm³/mol. The fraction of sp³-hybridized carbons (Fsp3) is 0.471. The molecule has 1 aliphatic carbocycles. The molecule has 0 unspecified atom stereocenters. The third kappa shape index (κ3) is 4.27. The maximum Gasteiger partial charge on any atom is 0.230 e. The zero-order chi connectivity index (χ0) is 16.9. The molecule has 5 nitrogen and oxygen atoms in total. The number of carbonyl (C=O) groups is 1. The molecule has 0 saturated heterocycles. The van der Waals surface area contributed by atoms with Crippen molar-refractivity contribution in [1.82, 2.24) is 15.5 Å². The van der Waals surface area contributed by atoms with Gasteiger partial charge in [-0.05, 0) is 49.3 Å². The topological polar surface area (TPSA) is 66.9 Å². The molecule has 24 heavy (non-hydrogen) atoms. The number of nitrogens with zero attached hydrogens (tertiary/aromatic N) is 2. The van der Waals surface area contributed by atoms with Crippen LogP contribution in [0.25, 0.3) is 0 Å². The highest BCUT2D eigenvalue weighted by molar-refractivity contribution is 8.01. The molecule has 128 valence electrons. The van der Waals surface area contributed by atoms with Gasteiger partial charge in [0.05, 0.1) is 11.8 Å². The average Bonchev–Trinajstić information content (AvgIpc) is 3.07. The summed E-state index contributed by atoms with van der Waals surface area (Å²) in [4.78, 5) is 12.2. The van der Waals surface area contributed by atoms with E-state index in [0.717, 1.165) is 15.9 Å². The van der Waals surface area contributed by atoms with E-state index in [1.807, 2.05) is 14.0 Å². The number of amides is 1. The van der Waals surface area contributed by atoms with Gasteiger partial charge in [0.1, 0.15) is 0 Å². The van der Waals surface area contributed by atoms with Gasteiger partial charge in [-0.25, -0.2) is 0 Å². The second-order valence-corrected chi connectivity index (χ2v) is 8.14. The van der Waals surface area contributed by atoms with Crippen molar-refractivity contribution in [3.63, 3.8) is 0 Å². The molecule has 1 heterocycles. The van der Waals surface area contributed by atoms with Crippen molar-refractivity contribution in [1.29, 1.82) is 0 Å². The van der Waals surface area contributed by atoms with Gasteiger partial charge >= 0.3 is 0 Å². The molecule has 2 N–H and O–H groups in total. The van der Waals surface area contributed by atoms with E-state index in [9.17, 15) is 4.79 Å². The first-order valence-corrected chi connectivity index (χ1v) is 10.0. The Morgan fingerprint density at radius 1 is 1.29 bits per heavy atom. The molecule has 0 fully saturated rings. The van der Waals surface area contributed by atoms with Crippen LogP contribution in [0.1, 0.15) is 42.5 Å².